The van der Waals surface area contributed by atoms with E-state index in [1.54, 1.807) is 6.08 Å². The van der Waals surface area contributed by atoms with Crippen LogP contribution in [0.2, 0.25) is 0 Å². The lowest BCUT2D eigenvalue weighted by molar-refractivity contribution is -0.143. The molecule has 0 spiro atoms. The Morgan fingerprint density at radius 1 is 1.24 bits per heavy atom. The monoisotopic (exact) mass is 362 g/mol. The minimum Gasteiger partial charge on any atom is -0.468 e. The summed E-state index contributed by atoms with van der Waals surface area (Å²) in [5.74, 6) is -1.10. The molecule has 0 atom stereocenters. The first-order valence-corrected chi connectivity index (χ1v) is 8.65. The number of ether oxygens (including phenoxy) is 2. The van der Waals surface area contributed by atoms with E-state index in [4.69, 9.17) is 4.74 Å². The highest BCUT2D eigenvalue weighted by atomic mass is 32.2. The van der Waals surface area contributed by atoms with Crippen LogP contribution in [0.1, 0.15) is 5.56 Å². The number of nitrogens with zero attached hydrogens (tertiary/aromatic N) is 2. The molecule has 0 aliphatic carbocycles. The molecule has 2 amide bonds. The standard InChI is InChI=1S/C17H18N2O5S/c1-23-15(20)11-19-16(21)14(25-17(19)22)10-12-2-4-13(5-3-12)18-6-8-24-9-7-18/h2-5,10H,6-9,11H2,1H3/b14-10-. The summed E-state index contributed by atoms with van der Waals surface area (Å²) < 4.78 is 9.85. The summed E-state index contributed by atoms with van der Waals surface area (Å²) in [5, 5.41) is -0.466. The van der Waals surface area contributed by atoms with Crippen molar-refractivity contribution in [2.45, 2.75) is 0 Å². The molecular formula is C17H18N2O5S. The van der Waals surface area contributed by atoms with Crippen LogP contribution in [0, 0.1) is 0 Å². The lowest BCUT2D eigenvalue weighted by Crippen LogP contribution is -2.36. The average Bonchev–Trinajstić information content (AvgIpc) is 2.90. The van der Waals surface area contributed by atoms with Crippen LogP contribution in [-0.4, -0.2) is 62.0 Å². The number of hydrogen-bond acceptors (Lipinski definition) is 7. The van der Waals surface area contributed by atoms with Crippen molar-refractivity contribution in [2.24, 2.45) is 0 Å². The van der Waals surface area contributed by atoms with E-state index in [1.807, 2.05) is 24.3 Å². The third kappa shape index (κ3) is 4.02. The van der Waals surface area contributed by atoms with Gasteiger partial charge in [0.05, 0.1) is 25.2 Å². The van der Waals surface area contributed by atoms with Gasteiger partial charge < -0.3 is 14.4 Å². The maximum atomic E-state index is 12.3. The Hall–Kier alpha value is -2.32. The van der Waals surface area contributed by atoms with Gasteiger partial charge in [-0.1, -0.05) is 12.1 Å². The van der Waals surface area contributed by atoms with Gasteiger partial charge in [-0.2, -0.15) is 0 Å². The van der Waals surface area contributed by atoms with Gasteiger partial charge in [0.1, 0.15) is 6.54 Å². The van der Waals surface area contributed by atoms with Crippen molar-refractivity contribution in [3.05, 3.63) is 34.7 Å². The third-order valence-electron chi connectivity index (χ3n) is 3.96. The Bertz CT molecular complexity index is 710. The molecule has 2 saturated heterocycles. The SMILES string of the molecule is COC(=O)CN1C(=O)S/C(=C\c2ccc(N3CCOCC3)cc2)C1=O. The molecule has 2 heterocycles. The molecule has 0 N–H and O–H groups in total. The Labute approximate surface area is 149 Å². The van der Waals surface area contributed by atoms with Gasteiger partial charge in [-0.25, -0.2) is 0 Å². The van der Waals surface area contributed by atoms with Gasteiger partial charge >= 0.3 is 5.97 Å². The molecule has 25 heavy (non-hydrogen) atoms. The van der Waals surface area contributed by atoms with Gasteiger partial charge in [0.2, 0.25) is 0 Å². The molecule has 2 aliphatic rings. The van der Waals surface area contributed by atoms with Crippen LogP contribution in [0.25, 0.3) is 6.08 Å². The Balaban J connectivity index is 1.71. The minimum absolute atomic E-state index is 0.299. The molecule has 0 saturated carbocycles. The van der Waals surface area contributed by atoms with E-state index in [0.717, 1.165) is 54.2 Å². The number of morpholine rings is 1. The zero-order chi connectivity index (χ0) is 17.8. The first-order valence-electron chi connectivity index (χ1n) is 7.83. The summed E-state index contributed by atoms with van der Waals surface area (Å²) in [7, 11) is 1.22. The molecule has 0 radical (unpaired) electrons. The number of thioether (sulfide) groups is 1. The largest absolute Gasteiger partial charge is 0.468 e. The lowest BCUT2D eigenvalue weighted by atomic mass is 10.1. The van der Waals surface area contributed by atoms with Crippen molar-refractivity contribution in [2.75, 3.05) is 44.9 Å². The average molecular weight is 362 g/mol. The number of amides is 2. The van der Waals surface area contributed by atoms with Crippen LogP contribution in [0.5, 0.6) is 0 Å². The number of esters is 1. The van der Waals surface area contributed by atoms with Crippen molar-refractivity contribution in [3.63, 3.8) is 0 Å². The minimum atomic E-state index is -0.626. The van der Waals surface area contributed by atoms with Crippen LogP contribution >= 0.6 is 11.8 Å². The van der Waals surface area contributed by atoms with Crippen molar-refractivity contribution in [1.29, 1.82) is 0 Å². The second-order valence-corrected chi connectivity index (χ2v) is 6.53. The lowest BCUT2D eigenvalue weighted by Gasteiger charge is -2.28. The topological polar surface area (TPSA) is 76.2 Å². The van der Waals surface area contributed by atoms with E-state index in [2.05, 4.69) is 9.64 Å². The molecule has 1 aromatic carbocycles. The van der Waals surface area contributed by atoms with Crippen molar-refractivity contribution in [1.82, 2.24) is 4.90 Å². The fourth-order valence-corrected chi connectivity index (χ4v) is 3.42. The summed E-state index contributed by atoms with van der Waals surface area (Å²) in [5.41, 5.74) is 1.92. The van der Waals surface area contributed by atoms with E-state index in [0.29, 0.717) is 4.91 Å². The molecule has 0 unspecified atom stereocenters. The fraction of sp³-hybridized carbons (Fsp3) is 0.353. The number of rotatable bonds is 4. The molecule has 0 bridgehead atoms. The molecule has 7 nitrogen and oxygen atoms in total. The van der Waals surface area contributed by atoms with E-state index >= 15 is 0 Å². The van der Waals surface area contributed by atoms with Crippen LogP contribution in [0.15, 0.2) is 29.2 Å². The maximum Gasteiger partial charge on any atom is 0.325 e. The quantitative estimate of drug-likeness (QED) is 0.596. The van der Waals surface area contributed by atoms with Gasteiger partial charge in [-0.05, 0) is 35.5 Å². The summed E-state index contributed by atoms with van der Waals surface area (Å²) in [6.45, 7) is 2.77. The van der Waals surface area contributed by atoms with Crippen molar-refractivity contribution >= 4 is 40.6 Å². The number of benzene rings is 1. The normalized spacial score (nSPS) is 19.6. The van der Waals surface area contributed by atoms with Gasteiger partial charge in [0, 0.05) is 18.8 Å². The zero-order valence-corrected chi connectivity index (χ0v) is 14.6. The molecule has 132 valence electrons. The second-order valence-electron chi connectivity index (χ2n) is 5.53. The fourth-order valence-electron chi connectivity index (χ4n) is 2.58. The van der Waals surface area contributed by atoms with Crippen molar-refractivity contribution < 1.29 is 23.9 Å². The van der Waals surface area contributed by atoms with Crippen LogP contribution in [-0.2, 0) is 19.1 Å². The summed E-state index contributed by atoms with van der Waals surface area (Å²) in [6.07, 6.45) is 1.66. The zero-order valence-electron chi connectivity index (χ0n) is 13.8. The summed E-state index contributed by atoms with van der Waals surface area (Å²) in [6, 6.07) is 7.77. The van der Waals surface area contributed by atoms with E-state index < -0.39 is 17.1 Å². The first kappa shape index (κ1) is 17.5. The number of hydrogen-bond donors (Lipinski definition) is 0. The highest BCUT2D eigenvalue weighted by Gasteiger charge is 2.36. The molecule has 3 rings (SSSR count). The molecule has 2 aliphatic heterocycles. The smallest absolute Gasteiger partial charge is 0.325 e. The highest BCUT2D eigenvalue weighted by Crippen LogP contribution is 2.32. The van der Waals surface area contributed by atoms with Crippen LogP contribution in [0.3, 0.4) is 0 Å². The second kappa shape index (κ2) is 7.71. The van der Waals surface area contributed by atoms with Crippen molar-refractivity contribution in [3.8, 4) is 0 Å². The Morgan fingerprint density at radius 2 is 1.92 bits per heavy atom. The molecule has 1 aromatic rings. The van der Waals surface area contributed by atoms with Crippen LogP contribution in [0.4, 0.5) is 10.5 Å². The van der Waals surface area contributed by atoms with Gasteiger partial charge in [-0.15, -0.1) is 0 Å². The molecule has 8 heteroatoms. The maximum absolute atomic E-state index is 12.3. The van der Waals surface area contributed by atoms with E-state index in [1.165, 1.54) is 7.11 Å². The van der Waals surface area contributed by atoms with Gasteiger partial charge in [0.25, 0.3) is 11.1 Å². The number of imide groups is 1. The summed E-state index contributed by atoms with van der Waals surface area (Å²) in [4.78, 5) is 38.9. The van der Waals surface area contributed by atoms with Gasteiger partial charge in [0.15, 0.2) is 0 Å². The van der Waals surface area contributed by atoms with Gasteiger partial charge in [-0.3, -0.25) is 19.3 Å². The first-order chi connectivity index (χ1) is 12.1. The van der Waals surface area contributed by atoms with E-state index in [-0.39, 0.29) is 6.54 Å². The number of methoxy groups -OCH3 is 1. The summed E-state index contributed by atoms with van der Waals surface area (Å²) >= 11 is 0.825. The number of carbonyl (C=O) groups is 3. The predicted molar refractivity (Wildman–Crippen MR) is 94.2 cm³/mol. The number of carbonyl (C=O) groups excluding carboxylic acids is 3. The molecule has 0 aromatic heterocycles. The highest BCUT2D eigenvalue weighted by molar-refractivity contribution is 8.18. The number of anilines is 1. The molecular weight excluding hydrogens is 344 g/mol. The Kier molecular flexibility index (Phi) is 5.40. The molecule has 2 fully saturated rings. The predicted octanol–water partition coefficient (Wildman–Crippen LogP) is 1.73. The third-order valence-corrected chi connectivity index (χ3v) is 4.86. The Morgan fingerprint density at radius 3 is 2.56 bits per heavy atom. The van der Waals surface area contributed by atoms with Crippen LogP contribution < -0.4 is 4.90 Å². The van der Waals surface area contributed by atoms with E-state index in [9.17, 15) is 14.4 Å².